The van der Waals surface area contributed by atoms with Gasteiger partial charge in [-0.2, -0.15) is 4.98 Å². The van der Waals surface area contributed by atoms with Crippen molar-refractivity contribution in [1.29, 1.82) is 0 Å². The standard InChI is InChI=1S/C13H23N3O/c1-9(2)11(14)12-15-13(17-16-12)10-7-5-3-4-6-8-10/h9-11H,3-8,14H2,1-2H3. The molecule has 0 amide bonds. The second kappa shape index (κ2) is 5.63. The lowest BCUT2D eigenvalue weighted by Gasteiger charge is -2.10. The summed E-state index contributed by atoms with van der Waals surface area (Å²) in [6.45, 7) is 4.15. The monoisotopic (exact) mass is 237 g/mol. The topological polar surface area (TPSA) is 64.9 Å². The molecule has 0 radical (unpaired) electrons. The van der Waals surface area contributed by atoms with Crippen LogP contribution in [-0.4, -0.2) is 10.1 Å². The maximum absolute atomic E-state index is 6.03. The first kappa shape index (κ1) is 12.6. The molecule has 96 valence electrons. The molecule has 1 aromatic heterocycles. The van der Waals surface area contributed by atoms with E-state index in [2.05, 4.69) is 24.0 Å². The van der Waals surface area contributed by atoms with E-state index in [4.69, 9.17) is 10.3 Å². The Balaban J connectivity index is 2.06. The van der Waals surface area contributed by atoms with Crippen molar-refractivity contribution in [2.45, 2.75) is 64.3 Å². The van der Waals surface area contributed by atoms with E-state index in [0.717, 1.165) is 5.89 Å². The fourth-order valence-electron chi connectivity index (χ4n) is 2.37. The molecule has 1 unspecified atom stereocenters. The van der Waals surface area contributed by atoms with E-state index < -0.39 is 0 Å². The van der Waals surface area contributed by atoms with Crippen molar-refractivity contribution in [2.24, 2.45) is 11.7 Å². The van der Waals surface area contributed by atoms with Crippen LogP contribution in [0.3, 0.4) is 0 Å². The Labute approximate surface area is 103 Å². The van der Waals surface area contributed by atoms with Gasteiger partial charge in [-0.1, -0.05) is 44.7 Å². The maximum Gasteiger partial charge on any atom is 0.229 e. The summed E-state index contributed by atoms with van der Waals surface area (Å²) in [4.78, 5) is 4.49. The van der Waals surface area contributed by atoms with Crippen LogP contribution >= 0.6 is 0 Å². The zero-order valence-corrected chi connectivity index (χ0v) is 10.9. The molecular weight excluding hydrogens is 214 g/mol. The van der Waals surface area contributed by atoms with Gasteiger partial charge >= 0.3 is 0 Å². The SMILES string of the molecule is CC(C)C(N)c1noc(C2CCCCCC2)n1. The summed E-state index contributed by atoms with van der Waals surface area (Å²) in [5, 5.41) is 4.03. The van der Waals surface area contributed by atoms with Crippen LogP contribution in [-0.2, 0) is 0 Å². The summed E-state index contributed by atoms with van der Waals surface area (Å²) in [6.07, 6.45) is 7.58. The van der Waals surface area contributed by atoms with E-state index in [9.17, 15) is 0 Å². The molecule has 0 aliphatic heterocycles. The van der Waals surface area contributed by atoms with Crippen LogP contribution < -0.4 is 5.73 Å². The molecule has 1 heterocycles. The second-order valence-electron chi connectivity index (χ2n) is 5.45. The van der Waals surface area contributed by atoms with E-state index in [0.29, 0.717) is 17.7 Å². The van der Waals surface area contributed by atoms with Crippen molar-refractivity contribution in [2.75, 3.05) is 0 Å². The summed E-state index contributed by atoms with van der Waals surface area (Å²) in [5.41, 5.74) is 6.03. The van der Waals surface area contributed by atoms with Crippen molar-refractivity contribution >= 4 is 0 Å². The molecule has 0 saturated heterocycles. The molecule has 1 fully saturated rings. The van der Waals surface area contributed by atoms with Crippen LogP contribution in [0.4, 0.5) is 0 Å². The average molecular weight is 237 g/mol. The van der Waals surface area contributed by atoms with Crippen molar-refractivity contribution < 1.29 is 4.52 Å². The molecule has 4 heteroatoms. The number of nitrogens with zero attached hydrogens (tertiary/aromatic N) is 2. The molecule has 1 atom stereocenters. The summed E-state index contributed by atoms with van der Waals surface area (Å²) >= 11 is 0. The summed E-state index contributed by atoms with van der Waals surface area (Å²) in [6, 6.07) is -0.113. The van der Waals surface area contributed by atoms with E-state index >= 15 is 0 Å². The van der Waals surface area contributed by atoms with Gasteiger partial charge in [-0.3, -0.25) is 0 Å². The van der Waals surface area contributed by atoms with Crippen LogP contribution in [0.15, 0.2) is 4.52 Å². The molecule has 0 spiro atoms. The van der Waals surface area contributed by atoms with Gasteiger partial charge in [0.25, 0.3) is 0 Å². The molecule has 1 aliphatic carbocycles. The molecule has 0 aromatic carbocycles. The van der Waals surface area contributed by atoms with Crippen molar-refractivity contribution in [3.05, 3.63) is 11.7 Å². The van der Waals surface area contributed by atoms with Crippen LogP contribution in [0, 0.1) is 5.92 Å². The second-order valence-corrected chi connectivity index (χ2v) is 5.45. The van der Waals surface area contributed by atoms with Gasteiger partial charge in [0.2, 0.25) is 5.89 Å². The highest BCUT2D eigenvalue weighted by molar-refractivity contribution is 4.99. The maximum atomic E-state index is 6.03. The first-order valence-electron chi connectivity index (χ1n) is 6.77. The van der Waals surface area contributed by atoms with E-state index in [1.165, 1.54) is 38.5 Å². The quantitative estimate of drug-likeness (QED) is 0.820. The Hall–Kier alpha value is -0.900. The molecule has 1 saturated carbocycles. The third-order valence-corrected chi connectivity index (χ3v) is 3.68. The summed E-state index contributed by atoms with van der Waals surface area (Å²) < 4.78 is 5.39. The van der Waals surface area contributed by atoms with E-state index in [1.807, 2.05) is 0 Å². The lowest BCUT2D eigenvalue weighted by molar-refractivity contribution is 0.332. The summed E-state index contributed by atoms with van der Waals surface area (Å²) in [7, 11) is 0. The zero-order chi connectivity index (χ0) is 12.3. The van der Waals surface area contributed by atoms with Crippen LogP contribution in [0.1, 0.15) is 76.0 Å². The van der Waals surface area contributed by atoms with Crippen molar-refractivity contribution in [3.63, 3.8) is 0 Å². The Morgan fingerprint density at radius 2 is 1.82 bits per heavy atom. The van der Waals surface area contributed by atoms with Gasteiger partial charge in [-0.25, -0.2) is 0 Å². The number of rotatable bonds is 3. The highest BCUT2D eigenvalue weighted by atomic mass is 16.5. The molecular formula is C13H23N3O. The average Bonchev–Trinajstić information content (AvgIpc) is 2.64. The smallest absolute Gasteiger partial charge is 0.229 e. The Morgan fingerprint density at radius 3 is 2.41 bits per heavy atom. The third-order valence-electron chi connectivity index (χ3n) is 3.68. The summed E-state index contributed by atoms with van der Waals surface area (Å²) in [5.74, 6) is 2.27. The molecule has 1 aromatic rings. The Kier molecular flexibility index (Phi) is 4.15. The van der Waals surface area contributed by atoms with Gasteiger partial charge in [0.05, 0.1) is 6.04 Å². The Bertz CT molecular complexity index is 340. The van der Waals surface area contributed by atoms with Crippen molar-refractivity contribution in [1.82, 2.24) is 10.1 Å². The van der Waals surface area contributed by atoms with E-state index in [-0.39, 0.29) is 6.04 Å². The van der Waals surface area contributed by atoms with Crippen LogP contribution in [0.2, 0.25) is 0 Å². The lowest BCUT2D eigenvalue weighted by atomic mass is 10.0. The van der Waals surface area contributed by atoms with Gasteiger partial charge in [0.1, 0.15) is 0 Å². The van der Waals surface area contributed by atoms with Crippen LogP contribution in [0.25, 0.3) is 0 Å². The largest absolute Gasteiger partial charge is 0.339 e. The molecule has 2 N–H and O–H groups in total. The Morgan fingerprint density at radius 1 is 1.18 bits per heavy atom. The molecule has 0 bridgehead atoms. The van der Waals surface area contributed by atoms with Gasteiger partial charge < -0.3 is 10.3 Å². The molecule has 2 rings (SSSR count). The first-order chi connectivity index (χ1) is 8.18. The van der Waals surface area contributed by atoms with Gasteiger partial charge in [0.15, 0.2) is 5.82 Å². The zero-order valence-electron chi connectivity index (χ0n) is 10.9. The van der Waals surface area contributed by atoms with Gasteiger partial charge in [-0.15, -0.1) is 0 Å². The highest BCUT2D eigenvalue weighted by Crippen LogP contribution is 2.31. The first-order valence-corrected chi connectivity index (χ1v) is 6.77. The number of nitrogens with two attached hydrogens (primary N) is 1. The fourth-order valence-corrected chi connectivity index (χ4v) is 2.37. The van der Waals surface area contributed by atoms with Crippen molar-refractivity contribution in [3.8, 4) is 0 Å². The lowest BCUT2D eigenvalue weighted by Crippen LogP contribution is -2.18. The van der Waals surface area contributed by atoms with Gasteiger partial charge in [0, 0.05) is 5.92 Å². The molecule has 17 heavy (non-hydrogen) atoms. The highest BCUT2D eigenvalue weighted by Gasteiger charge is 2.23. The number of hydrogen-bond acceptors (Lipinski definition) is 4. The van der Waals surface area contributed by atoms with Gasteiger partial charge in [-0.05, 0) is 18.8 Å². The normalized spacial score (nSPS) is 20.5. The number of hydrogen-bond donors (Lipinski definition) is 1. The van der Waals surface area contributed by atoms with Crippen LogP contribution in [0.5, 0.6) is 0 Å². The predicted octanol–water partition coefficient (Wildman–Crippen LogP) is 3.16. The predicted molar refractivity (Wildman–Crippen MR) is 66.5 cm³/mol. The third kappa shape index (κ3) is 3.06. The molecule has 1 aliphatic rings. The fraction of sp³-hybridized carbons (Fsp3) is 0.846. The minimum absolute atomic E-state index is 0.113. The molecule has 4 nitrogen and oxygen atoms in total. The minimum atomic E-state index is -0.113. The van der Waals surface area contributed by atoms with E-state index in [1.54, 1.807) is 0 Å². The number of aromatic nitrogens is 2. The minimum Gasteiger partial charge on any atom is -0.339 e.